The van der Waals surface area contributed by atoms with Crippen LogP contribution in [0.5, 0.6) is 0 Å². The standard InChI is InChI=1S/C17H15F3N2O3S/c1-16-13-4-10(5-15(13)23)14(16)8-22(26(16,24)25)11-3-2-9(7-21)12(6-11)17(18,19)20/h2-3,6,10,13-14H,4-5,8H2,1H3/t10-,13+,14-,16+/m0/s1. The molecule has 0 unspecified atom stereocenters. The lowest BCUT2D eigenvalue weighted by molar-refractivity contribution is -0.137. The minimum atomic E-state index is -4.76. The summed E-state index contributed by atoms with van der Waals surface area (Å²) in [5, 5.41) is 8.90. The van der Waals surface area contributed by atoms with Gasteiger partial charge in [0.15, 0.2) is 0 Å². The minimum absolute atomic E-state index is 0.0438. The van der Waals surface area contributed by atoms with Gasteiger partial charge in [-0.3, -0.25) is 9.10 Å². The second kappa shape index (κ2) is 5.00. The van der Waals surface area contributed by atoms with Gasteiger partial charge in [0, 0.05) is 24.8 Å². The highest BCUT2D eigenvalue weighted by molar-refractivity contribution is 7.94. The van der Waals surface area contributed by atoms with Gasteiger partial charge in [-0.2, -0.15) is 18.4 Å². The summed E-state index contributed by atoms with van der Waals surface area (Å²) >= 11 is 0. The number of anilines is 1. The summed E-state index contributed by atoms with van der Waals surface area (Å²) in [7, 11) is -4.00. The number of rotatable bonds is 1. The van der Waals surface area contributed by atoms with E-state index in [0.717, 1.165) is 10.4 Å². The zero-order chi connectivity index (χ0) is 19.1. The number of hydrogen-bond donors (Lipinski definition) is 0. The highest BCUT2D eigenvalue weighted by Crippen LogP contribution is 2.61. The van der Waals surface area contributed by atoms with Crippen LogP contribution in [0, 0.1) is 29.1 Å². The first-order valence-corrected chi connectivity index (χ1v) is 9.62. The maximum Gasteiger partial charge on any atom is 0.417 e. The molecular formula is C17H15F3N2O3S. The smallest absolute Gasteiger partial charge is 0.299 e. The van der Waals surface area contributed by atoms with Crippen LogP contribution in [0.3, 0.4) is 0 Å². The van der Waals surface area contributed by atoms with Crippen molar-refractivity contribution in [3.8, 4) is 6.07 Å². The molecule has 0 amide bonds. The van der Waals surface area contributed by atoms with Crippen molar-refractivity contribution in [3.05, 3.63) is 29.3 Å². The van der Waals surface area contributed by atoms with Gasteiger partial charge >= 0.3 is 6.18 Å². The highest BCUT2D eigenvalue weighted by Gasteiger charge is 2.70. The van der Waals surface area contributed by atoms with Gasteiger partial charge in [0.1, 0.15) is 10.5 Å². The van der Waals surface area contributed by atoms with Crippen molar-refractivity contribution in [2.75, 3.05) is 10.8 Å². The Morgan fingerprint density at radius 1 is 1.35 bits per heavy atom. The van der Waals surface area contributed by atoms with Gasteiger partial charge in [-0.05, 0) is 37.5 Å². The third-order valence-electron chi connectivity index (χ3n) is 6.31. The number of fused-ring (bicyclic) bond motifs is 5. The number of halogens is 3. The molecule has 1 saturated heterocycles. The van der Waals surface area contributed by atoms with Crippen LogP contribution < -0.4 is 4.31 Å². The highest BCUT2D eigenvalue weighted by atomic mass is 32.2. The second-order valence-electron chi connectivity index (χ2n) is 7.38. The monoisotopic (exact) mass is 384 g/mol. The average molecular weight is 384 g/mol. The van der Waals surface area contributed by atoms with Crippen molar-refractivity contribution in [2.24, 2.45) is 17.8 Å². The Hall–Kier alpha value is -2.08. The topological polar surface area (TPSA) is 78.2 Å². The number of Topliss-reactive ketones (excluding diaryl/α,β-unsaturated/α-hetero) is 1. The molecule has 9 heteroatoms. The van der Waals surface area contributed by atoms with E-state index >= 15 is 0 Å². The fourth-order valence-electron chi connectivity index (χ4n) is 4.98. The molecule has 4 atom stereocenters. The quantitative estimate of drug-likeness (QED) is 0.746. The Kier molecular flexibility index (Phi) is 3.34. The number of nitrogens with zero attached hydrogens (tertiary/aromatic N) is 2. The first-order chi connectivity index (χ1) is 12.0. The number of benzene rings is 1. The normalized spacial score (nSPS) is 34.8. The van der Waals surface area contributed by atoms with Crippen molar-refractivity contribution in [2.45, 2.75) is 30.7 Å². The largest absolute Gasteiger partial charge is 0.417 e. The number of ketones is 1. The van der Waals surface area contributed by atoms with Crippen LogP contribution in [0.25, 0.3) is 0 Å². The van der Waals surface area contributed by atoms with Gasteiger partial charge in [0.2, 0.25) is 10.0 Å². The molecule has 138 valence electrons. The molecule has 0 radical (unpaired) electrons. The molecule has 0 N–H and O–H groups in total. The predicted octanol–water partition coefficient (Wildman–Crippen LogP) is 2.71. The molecule has 1 aromatic carbocycles. The Labute approximate surface area is 148 Å². The maximum atomic E-state index is 13.2. The molecule has 2 aliphatic carbocycles. The van der Waals surface area contributed by atoms with E-state index in [0.29, 0.717) is 18.9 Å². The fraction of sp³-hybridized carbons (Fsp3) is 0.529. The number of nitriles is 1. The Bertz CT molecular complexity index is 966. The zero-order valence-electron chi connectivity index (χ0n) is 13.7. The van der Waals surface area contributed by atoms with Crippen LogP contribution in [0.1, 0.15) is 30.9 Å². The van der Waals surface area contributed by atoms with Crippen LogP contribution in [0.2, 0.25) is 0 Å². The van der Waals surface area contributed by atoms with E-state index in [4.69, 9.17) is 5.26 Å². The lowest BCUT2D eigenvalue weighted by atomic mass is 9.79. The summed E-state index contributed by atoms with van der Waals surface area (Å²) in [6.45, 7) is 1.61. The molecule has 0 aromatic heterocycles. The van der Waals surface area contributed by atoms with Gasteiger partial charge < -0.3 is 0 Å². The molecule has 1 aliphatic heterocycles. The summed E-state index contributed by atoms with van der Waals surface area (Å²) in [5.41, 5.74) is -1.83. The van der Waals surface area contributed by atoms with Crippen LogP contribution in [-0.2, 0) is 21.0 Å². The van der Waals surface area contributed by atoms with Gasteiger partial charge in [0.05, 0.1) is 22.9 Å². The van der Waals surface area contributed by atoms with Crippen LogP contribution in [0.15, 0.2) is 18.2 Å². The lowest BCUT2D eigenvalue weighted by Crippen LogP contribution is -2.47. The Morgan fingerprint density at radius 3 is 2.65 bits per heavy atom. The van der Waals surface area contributed by atoms with Crippen molar-refractivity contribution in [1.82, 2.24) is 0 Å². The summed E-state index contributed by atoms with van der Waals surface area (Å²) in [6.07, 6.45) is -3.89. The van der Waals surface area contributed by atoms with E-state index in [1.165, 1.54) is 12.1 Å². The predicted molar refractivity (Wildman–Crippen MR) is 85.5 cm³/mol. The van der Waals surface area contributed by atoms with Crippen LogP contribution >= 0.6 is 0 Å². The number of carbonyl (C=O) groups is 1. The number of alkyl halides is 3. The van der Waals surface area contributed by atoms with Gasteiger partial charge in [0.25, 0.3) is 0 Å². The van der Waals surface area contributed by atoms with E-state index < -0.39 is 38.0 Å². The SMILES string of the molecule is C[C@@]12[C@@H]3C[C@@H](CC3=O)[C@@H]1CN(c1ccc(C#N)c(C(F)(F)F)c1)S2(=O)=O. The molecule has 5 nitrogen and oxygen atoms in total. The van der Waals surface area contributed by atoms with Gasteiger partial charge in [-0.25, -0.2) is 8.42 Å². The fourth-order valence-corrected chi connectivity index (χ4v) is 7.44. The maximum absolute atomic E-state index is 13.2. The van der Waals surface area contributed by atoms with Crippen molar-refractivity contribution in [3.63, 3.8) is 0 Å². The third kappa shape index (κ3) is 1.96. The summed E-state index contributed by atoms with van der Waals surface area (Å²) < 4.78 is 65.7. The van der Waals surface area contributed by atoms with E-state index in [1.54, 1.807) is 6.92 Å². The first kappa shape index (κ1) is 17.3. The lowest BCUT2D eigenvalue weighted by Gasteiger charge is -2.32. The number of sulfonamides is 1. The summed E-state index contributed by atoms with van der Waals surface area (Å²) in [5.74, 6) is -0.985. The Balaban J connectivity index is 1.82. The second-order valence-corrected chi connectivity index (χ2v) is 9.66. The summed E-state index contributed by atoms with van der Waals surface area (Å²) in [4.78, 5) is 12.1. The molecule has 2 saturated carbocycles. The molecule has 3 aliphatic rings. The van der Waals surface area contributed by atoms with Crippen molar-refractivity contribution in [1.29, 1.82) is 5.26 Å². The molecule has 4 rings (SSSR count). The average Bonchev–Trinajstić information content (AvgIpc) is 3.13. The van der Waals surface area contributed by atoms with Crippen molar-refractivity contribution < 1.29 is 26.4 Å². The van der Waals surface area contributed by atoms with Gasteiger partial charge in [-0.15, -0.1) is 0 Å². The van der Waals surface area contributed by atoms with Crippen LogP contribution in [0.4, 0.5) is 18.9 Å². The Morgan fingerprint density at radius 2 is 2.04 bits per heavy atom. The van der Waals surface area contributed by atoms with Crippen LogP contribution in [-0.4, -0.2) is 25.5 Å². The number of hydrogen-bond acceptors (Lipinski definition) is 4. The molecule has 2 bridgehead atoms. The third-order valence-corrected chi connectivity index (χ3v) is 8.95. The van der Waals surface area contributed by atoms with Gasteiger partial charge in [-0.1, -0.05) is 0 Å². The number of carbonyl (C=O) groups excluding carboxylic acids is 1. The van der Waals surface area contributed by atoms with Crippen molar-refractivity contribution >= 4 is 21.5 Å². The molecule has 26 heavy (non-hydrogen) atoms. The van der Waals surface area contributed by atoms with E-state index in [1.807, 2.05) is 0 Å². The van der Waals surface area contributed by atoms with E-state index in [9.17, 15) is 26.4 Å². The molecule has 3 fully saturated rings. The van der Waals surface area contributed by atoms with E-state index in [-0.39, 0.29) is 29.9 Å². The minimum Gasteiger partial charge on any atom is -0.299 e. The first-order valence-electron chi connectivity index (χ1n) is 8.18. The molecular weight excluding hydrogens is 369 g/mol. The summed E-state index contributed by atoms with van der Waals surface area (Å²) in [6, 6.07) is 4.41. The zero-order valence-corrected chi connectivity index (χ0v) is 14.6. The van der Waals surface area contributed by atoms with E-state index in [2.05, 4.69) is 0 Å². The molecule has 1 heterocycles. The molecule has 1 aromatic rings. The molecule has 0 spiro atoms.